The quantitative estimate of drug-likeness (QED) is 0.731. The van der Waals surface area contributed by atoms with Crippen molar-refractivity contribution < 1.29 is 4.74 Å². The lowest BCUT2D eigenvalue weighted by Crippen LogP contribution is -2.23. The normalized spacial score (nSPS) is 27.9. The van der Waals surface area contributed by atoms with Crippen molar-refractivity contribution in [2.45, 2.75) is 19.3 Å². The monoisotopic (exact) mass is 195 g/mol. The summed E-state index contributed by atoms with van der Waals surface area (Å²) in [6.45, 7) is 3.88. The molecule has 0 aromatic carbocycles. The molecule has 4 nitrogen and oxygen atoms in total. The minimum Gasteiger partial charge on any atom is -0.384 e. The van der Waals surface area contributed by atoms with Crippen LogP contribution in [0.2, 0.25) is 0 Å². The van der Waals surface area contributed by atoms with Crippen molar-refractivity contribution in [3.05, 3.63) is 11.8 Å². The van der Waals surface area contributed by atoms with Crippen LogP contribution in [-0.4, -0.2) is 23.0 Å². The molecule has 4 heteroatoms. The Hall–Kier alpha value is -1.03. The number of nitrogens with two attached hydrogens (primary N) is 1. The Bertz CT molecular complexity index is 302. The number of aryl methyl sites for hydroxylation is 1. The van der Waals surface area contributed by atoms with Crippen molar-refractivity contribution in [2.24, 2.45) is 13.0 Å². The molecule has 2 atom stereocenters. The van der Waals surface area contributed by atoms with Crippen LogP contribution in [0, 0.1) is 5.92 Å². The molecule has 0 spiro atoms. The SMILES string of the molecule is CC1COCCC1c1cc(N)n(C)n1. The molecule has 1 aliphatic rings. The van der Waals surface area contributed by atoms with Crippen LogP contribution >= 0.6 is 0 Å². The van der Waals surface area contributed by atoms with Gasteiger partial charge in [0.1, 0.15) is 5.82 Å². The van der Waals surface area contributed by atoms with E-state index < -0.39 is 0 Å². The molecule has 2 N–H and O–H groups in total. The molecule has 0 saturated carbocycles. The molecule has 14 heavy (non-hydrogen) atoms. The predicted octanol–water partition coefficient (Wildman–Crippen LogP) is 1.14. The molecular weight excluding hydrogens is 178 g/mol. The van der Waals surface area contributed by atoms with Gasteiger partial charge in [-0.05, 0) is 12.3 Å². The van der Waals surface area contributed by atoms with Gasteiger partial charge in [0.05, 0.1) is 5.69 Å². The van der Waals surface area contributed by atoms with Crippen LogP contribution in [-0.2, 0) is 11.8 Å². The molecule has 2 heterocycles. The Kier molecular flexibility index (Phi) is 2.46. The molecule has 0 amide bonds. The molecule has 1 aromatic heterocycles. The highest BCUT2D eigenvalue weighted by atomic mass is 16.5. The average molecular weight is 195 g/mol. The van der Waals surface area contributed by atoms with E-state index in [1.165, 1.54) is 0 Å². The van der Waals surface area contributed by atoms with Crippen LogP contribution in [0.4, 0.5) is 5.82 Å². The summed E-state index contributed by atoms with van der Waals surface area (Å²) in [5.41, 5.74) is 6.87. The molecule has 0 aliphatic carbocycles. The van der Waals surface area contributed by atoms with Gasteiger partial charge in [-0.2, -0.15) is 5.10 Å². The summed E-state index contributed by atoms with van der Waals surface area (Å²) in [5, 5.41) is 4.42. The maximum Gasteiger partial charge on any atom is 0.121 e. The molecule has 0 bridgehead atoms. The molecule has 2 rings (SSSR count). The van der Waals surface area contributed by atoms with Crippen molar-refractivity contribution in [1.82, 2.24) is 9.78 Å². The number of hydrogen-bond acceptors (Lipinski definition) is 3. The fourth-order valence-electron chi connectivity index (χ4n) is 2.01. The number of rotatable bonds is 1. The molecule has 1 aromatic rings. The second-order valence-corrected chi connectivity index (χ2v) is 4.07. The third kappa shape index (κ3) is 1.62. The highest BCUT2D eigenvalue weighted by molar-refractivity contribution is 5.32. The van der Waals surface area contributed by atoms with Gasteiger partial charge in [-0.15, -0.1) is 0 Å². The van der Waals surface area contributed by atoms with Crippen LogP contribution in [0.5, 0.6) is 0 Å². The largest absolute Gasteiger partial charge is 0.384 e. The molecule has 78 valence electrons. The van der Waals surface area contributed by atoms with Crippen molar-refractivity contribution in [3.63, 3.8) is 0 Å². The van der Waals surface area contributed by atoms with Crippen molar-refractivity contribution >= 4 is 5.82 Å². The zero-order valence-electron chi connectivity index (χ0n) is 8.73. The van der Waals surface area contributed by atoms with E-state index in [0.29, 0.717) is 11.8 Å². The van der Waals surface area contributed by atoms with E-state index in [-0.39, 0.29) is 0 Å². The molecular formula is C10H17N3O. The smallest absolute Gasteiger partial charge is 0.121 e. The maximum absolute atomic E-state index is 5.76. The van der Waals surface area contributed by atoms with Gasteiger partial charge >= 0.3 is 0 Å². The van der Waals surface area contributed by atoms with Gasteiger partial charge in [0.15, 0.2) is 0 Å². The highest BCUT2D eigenvalue weighted by Gasteiger charge is 2.25. The first-order chi connectivity index (χ1) is 6.68. The number of nitrogen functional groups attached to an aromatic ring is 1. The molecule has 1 aliphatic heterocycles. The molecule has 2 unspecified atom stereocenters. The summed E-state index contributed by atoms with van der Waals surface area (Å²) >= 11 is 0. The zero-order chi connectivity index (χ0) is 10.1. The fraction of sp³-hybridized carbons (Fsp3) is 0.700. The summed E-state index contributed by atoms with van der Waals surface area (Å²) in [6, 6.07) is 1.98. The minimum atomic E-state index is 0.507. The van der Waals surface area contributed by atoms with Gasteiger partial charge < -0.3 is 10.5 Å². The average Bonchev–Trinajstić information content (AvgIpc) is 2.48. The molecule has 0 radical (unpaired) electrons. The molecule has 1 saturated heterocycles. The van der Waals surface area contributed by atoms with Gasteiger partial charge in [-0.25, -0.2) is 0 Å². The van der Waals surface area contributed by atoms with Crippen molar-refractivity contribution in [2.75, 3.05) is 18.9 Å². The predicted molar refractivity (Wildman–Crippen MR) is 55.0 cm³/mol. The van der Waals surface area contributed by atoms with Crippen LogP contribution in [0.15, 0.2) is 6.07 Å². The van der Waals surface area contributed by atoms with Gasteiger partial charge in [-0.1, -0.05) is 6.92 Å². The summed E-state index contributed by atoms with van der Waals surface area (Å²) in [5.74, 6) is 1.78. The van der Waals surface area contributed by atoms with Gasteiger partial charge in [0, 0.05) is 32.2 Å². The third-order valence-electron chi connectivity index (χ3n) is 2.96. The zero-order valence-corrected chi connectivity index (χ0v) is 8.73. The summed E-state index contributed by atoms with van der Waals surface area (Å²) in [6.07, 6.45) is 1.05. The van der Waals surface area contributed by atoms with E-state index in [0.717, 1.165) is 31.1 Å². The Labute approximate surface area is 84.0 Å². The summed E-state index contributed by atoms with van der Waals surface area (Å²) in [4.78, 5) is 0. The second-order valence-electron chi connectivity index (χ2n) is 4.07. The maximum atomic E-state index is 5.76. The number of nitrogens with zero attached hydrogens (tertiary/aromatic N) is 2. The summed E-state index contributed by atoms with van der Waals surface area (Å²) in [7, 11) is 1.88. The van der Waals surface area contributed by atoms with Crippen LogP contribution < -0.4 is 5.73 Å². The van der Waals surface area contributed by atoms with Gasteiger partial charge in [-0.3, -0.25) is 4.68 Å². The number of ether oxygens (including phenoxy) is 1. The van der Waals surface area contributed by atoms with E-state index in [9.17, 15) is 0 Å². The number of anilines is 1. The first-order valence-electron chi connectivity index (χ1n) is 5.05. The van der Waals surface area contributed by atoms with E-state index in [1.807, 2.05) is 13.1 Å². The number of aromatic nitrogens is 2. The van der Waals surface area contributed by atoms with Gasteiger partial charge in [0.2, 0.25) is 0 Å². The second kappa shape index (κ2) is 3.61. The number of hydrogen-bond donors (Lipinski definition) is 1. The minimum absolute atomic E-state index is 0.507. The van der Waals surface area contributed by atoms with E-state index in [1.54, 1.807) is 4.68 Å². The Balaban J connectivity index is 2.20. The van der Waals surface area contributed by atoms with Crippen LogP contribution in [0.1, 0.15) is 25.0 Å². The Morgan fingerprint density at radius 1 is 1.64 bits per heavy atom. The Morgan fingerprint density at radius 2 is 2.43 bits per heavy atom. The van der Waals surface area contributed by atoms with E-state index in [4.69, 9.17) is 10.5 Å². The Morgan fingerprint density at radius 3 is 3.00 bits per heavy atom. The lowest BCUT2D eigenvalue weighted by molar-refractivity contribution is 0.0462. The van der Waals surface area contributed by atoms with Crippen LogP contribution in [0.25, 0.3) is 0 Å². The van der Waals surface area contributed by atoms with Crippen LogP contribution in [0.3, 0.4) is 0 Å². The third-order valence-corrected chi connectivity index (χ3v) is 2.96. The van der Waals surface area contributed by atoms with E-state index >= 15 is 0 Å². The summed E-state index contributed by atoms with van der Waals surface area (Å²) < 4.78 is 7.14. The van der Waals surface area contributed by atoms with Crippen molar-refractivity contribution in [3.8, 4) is 0 Å². The fourth-order valence-corrected chi connectivity index (χ4v) is 2.01. The van der Waals surface area contributed by atoms with Crippen molar-refractivity contribution in [1.29, 1.82) is 0 Å². The first kappa shape index (κ1) is 9.52. The highest BCUT2D eigenvalue weighted by Crippen LogP contribution is 2.31. The lowest BCUT2D eigenvalue weighted by Gasteiger charge is -2.27. The van der Waals surface area contributed by atoms with Gasteiger partial charge in [0.25, 0.3) is 0 Å². The topological polar surface area (TPSA) is 53.1 Å². The lowest BCUT2D eigenvalue weighted by atomic mass is 9.87. The standard InChI is InChI=1S/C10H17N3O/c1-7-6-14-4-3-8(7)9-5-10(11)13(2)12-9/h5,7-8H,3-4,6,11H2,1-2H3. The first-order valence-corrected chi connectivity index (χ1v) is 5.05. The molecule has 1 fully saturated rings. The van der Waals surface area contributed by atoms with E-state index in [2.05, 4.69) is 12.0 Å².